The lowest BCUT2D eigenvalue weighted by Gasteiger charge is -2.23. The molecule has 0 atom stereocenters. The van der Waals surface area contributed by atoms with Gasteiger partial charge in [0.15, 0.2) is 0 Å². The molecule has 0 amide bonds. The smallest absolute Gasteiger partial charge is 0.242 e. The largest absolute Gasteiger partial charge is 0.399 e. The van der Waals surface area contributed by atoms with Crippen LogP contribution in [0.4, 0.5) is 5.69 Å². The Morgan fingerprint density at radius 2 is 2.00 bits per heavy atom. The molecule has 0 spiro atoms. The molecular weight excluding hydrogens is 272 g/mol. The molecule has 0 heterocycles. The molecule has 1 aromatic carbocycles. The average Bonchev–Trinajstić information content (AvgIpc) is 2.30. The van der Waals surface area contributed by atoms with Gasteiger partial charge in [0.25, 0.3) is 0 Å². The number of hydrogen-bond donors (Lipinski definition) is 2. The van der Waals surface area contributed by atoms with E-state index in [4.69, 9.17) is 17.3 Å². The fraction of sp³-hybridized carbons (Fsp3) is 0.500. The zero-order valence-electron chi connectivity index (χ0n) is 10.8. The highest BCUT2D eigenvalue weighted by molar-refractivity contribution is 7.89. The standard InChI is InChI=1S/C12H19ClN2O2S/c1-4-12(2,3)8-15-18(16,17)11-7-9(14)5-6-10(11)13/h5-7,15H,4,8,14H2,1-3H3. The van der Waals surface area contributed by atoms with Crippen LogP contribution in [0.3, 0.4) is 0 Å². The fourth-order valence-corrected chi connectivity index (χ4v) is 2.99. The summed E-state index contributed by atoms with van der Waals surface area (Å²) in [4.78, 5) is 0.0241. The van der Waals surface area contributed by atoms with Gasteiger partial charge in [-0.1, -0.05) is 32.4 Å². The zero-order valence-corrected chi connectivity index (χ0v) is 12.4. The molecule has 0 aromatic heterocycles. The van der Waals surface area contributed by atoms with Crippen LogP contribution in [0.15, 0.2) is 23.1 Å². The maximum absolute atomic E-state index is 12.1. The van der Waals surface area contributed by atoms with Crippen molar-refractivity contribution in [3.63, 3.8) is 0 Å². The summed E-state index contributed by atoms with van der Waals surface area (Å²) in [5.74, 6) is 0. The number of benzene rings is 1. The number of hydrogen-bond acceptors (Lipinski definition) is 3. The first kappa shape index (κ1) is 15.3. The van der Waals surface area contributed by atoms with Gasteiger partial charge in [0.05, 0.1) is 5.02 Å². The van der Waals surface area contributed by atoms with E-state index in [1.165, 1.54) is 12.1 Å². The van der Waals surface area contributed by atoms with E-state index in [0.717, 1.165) is 6.42 Å². The van der Waals surface area contributed by atoms with Crippen molar-refractivity contribution >= 4 is 27.3 Å². The second-order valence-electron chi connectivity index (χ2n) is 5.03. The quantitative estimate of drug-likeness (QED) is 0.819. The molecule has 0 fully saturated rings. The normalized spacial score (nSPS) is 12.7. The van der Waals surface area contributed by atoms with E-state index in [1.807, 2.05) is 20.8 Å². The Morgan fingerprint density at radius 1 is 1.39 bits per heavy atom. The molecule has 0 aliphatic carbocycles. The van der Waals surface area contributed by atoms with E-state index in [2.05, 4.69) is 4.72 Å². The highest BCUT2D eigenvalue weighted by atomic mass is 35.5. The number of nitrogens with two attached hydrogens (primary N) is 1. The Bertz CT molecular complexity index is 527. The predicted octanol–water partition coefficient (Wildman–Crippen LogP) is 2.64. The second-order valence-corrected chi connectivity index (χ2v) is 7.17. The molecule has 0 radical (unpaired) electrons. The molecular formula is C12H19ClN2O2S. The van der Waals surface area contributed by atoms with E-state index in [9.17, 15) is 8.42 Å². The van der Waals surface area contributed by atoms with Crippen LogP contribution < -0.4 is 10.5 Å². The van der Waals surface area contributed by atoms with Gasteiger partial charge in [-0.25, -0.2) is 13.1 Å². The highest BCUT2D eigenvalue weighted by Gasteiger charge is 2.22. The lowest BCUT2D eigenvalue weighted by molar-refractivity contribution is 0.350. The summed E-state index contributed by atoms with van der Waals surface area (Å²) in [6, 6.07) is 4.41. The van der Waals surface area contributed by atoms with Crippen molar-refractivity contribution in [2.45, 2.75) is 32.1 Å². The van der Waals surface area contributed by atoms with Crippen LogP contribution in [0.5, 0.6) is 0 Å². The Kier molecular flexibility index (Phi) is 4.64. The molecule has 1 rings (SSSR count). The number of nitrogens with one attached hydrogen (secondary N) is 1. The first-order valence-corrected chi connectivity index (χ1v) is 7.59. The summed E-state index contributed by atoms with van der Waals surface area (Å²) in [7, 11) is -3.62. The van der Waals surface area contributed by atoms with Crippen molar-refractivity contribution in [2.75, 3.05) is 12.3 Å². The minimum Gasteiger partial charge on any atom is -0.399 e. The summed E-state index contributed by atoms with van der Waals surface area (Å²) in [5, 5.41) is 0.172. The van der Waals surface area contributed by atoms with Crippen molar-refractivity contribution in [1.29, 1.82) is 0 Å². The van der Waals surface area contributed by atoms with E-state index >= 15 is 0 Å². The molecule has 4 nitrogen and oxygen atoms in total. The fourth-order valence-electron chi connectivity index (χ4n) is 1.22. The molecule has 3 N–H and O–H groups in total. The van der Waals surface area contributed by atoms with Crippen LogP contribution in [0.2, 0.25) is 5.02 Å². The summed E-state index contributed by atoms with van der Waals surface area (Å²) in [6.07, 6.45) is 0.875. The van der Waals surface area contributed by atoms with Crippen LogP contribution in [0.25, 0.3) is 0 Å². The minimum absolute atomic E-state index is 0.0241. The first-order chi connectivity index (χ1) is 8.18. The molecule has 0 aliphatic rings. The maximum atomic E-state index is 12.1. The zero-order chi connectivity index (χ0) is 14.0. The predicted molar refractivity (Wildman–Crippen MR) is 75.1 cm³/mol. The summed E-state index contributed by atoms with van der Waals surface area (Å²) in [6.45, 7) is 6.37. The lowest BCUT2D eigenvalue weighted by Crippen LogP contribution is -2.33. The SMILES string of the molecule is CCC(C)(C)CNS(=O)(=O)c1cc(N)ccc1Cl. The van der Waals surface area contributed by atoms with Crippen LogP contribution >= 0.6 is 11.6 Å². The Morgan fingerprint density at radius 3 is 2.56 bits per heavy atom. The van der Waals surface area contributed by atoms with Crippen molar-refractivity contribution in [2.24, 2.45) is 5.41 Å². The van der Waals surface area contributed by atoms with Gasteiger partial charge in [-0.3, -0.25) is 0 Å². The monoisotopic (exact) mass is 290 g/mol. The Hall–Kier alpha value is -0.780. The Labute approximate surface area is 114 Å². The highest BCUT2D eigenvalue weighted by Crippen LogP contribution is 2.25. The van der Waals surface area contributed by atoms with Gasteiger partial charge in [0, 0.05) is 12.2 Å². The van der Waals surface area contributed by atoms with Crippen LogP contribution in [-0.4, -0.2) is 15.0 Å². The van der Waals surface area contributed by atoms with Crippen LogP contribution in [-0.2, 0) is 10.0 Å². The third-order valence-corrected chi connectivity index (χ3v) is 4.83. The van der Waals surface area contributed by atoms with Gasteiger partial charge in [-0.2, -0.15) is 0 Å². The molecule has 0 aliphatic heterocycles. The van der Waals surface area contributed by atoms with E-state index in [1.54, 1.807) is 6.07 Å². The number of halogens is 1. The van der Waals surface area contributed by atoms with Gasteiger partial charge in [-0.15, -0.1) is 0 Å². The van der Waals surface area contributed by atoms with Crippen LogP contribution in [0.1, 0.15) is 27.2 Å². The first-order valence-electron chi connectivity index (χ1n) is 5.73. The molecule has 102 valence electrons. The van der Waals surface area contributed by atoms with Gasteiger partial charge in [0.2, 0.25) is 10.0 Å². The average molecular weight is 291 g/mol. The van der Waals surface area contributed by atoms with E-state index in [-0.39, 0.29) is 15.3 Å². The third-order valence-electron chi connectivity index (χ3n) is 2.94. The Balaban J connectivity index is 2.97. The molecule has 0 bridgehead atoms. The van der Waals surface area contributed by atoms with Crippen molar-refractivity contribution in [3.05, 3.63) is 23.2 Å². The van der Waals surface area contributed by atoms with Gasteiger partial charge in [-0.05, 0) is 30.0 Å². The van der Waals surface area contributed by atoms with Crippen LogP contribution in [0, 0.1) is 5.41 Å². The second kappa shape index (κ2) is 5.47. The van der Waals surface area contributed by atoms with Gasteiger partial charge in [0.1, 0.15) is 4.90 Å². The topological polar surface area (TPSA) is 72.2 Å². The van der Waals surface area contributed by atoms with Gasteiger partial charge < -0.3 is 5.73 Å². The van der Waals surface area contributed by atoms with Gasteiger partial charge >= 0.3 is 0 Å². The van der Waals surface area contributed by atoms with Crippen molar-refractivity contribution in [3.8, 4) is 0 Å². The number of anilines is 1. The third kappa shape index (κ3) is 3.86. The number of rotatable bonds is 5. The molecule has 6 heteroatoms. The molecule has 18 heavy (non-hydrogen) atoms. The molecule has 0 saturated heterocycles. The summed E-state index contributed by atoms with van der Waals surface area (Å²) >= 11 is 5.89. The maximum Gasteiger partial charge on any atom is 0.242 e. The number of nitrogen functional groups attached to an aromatic ring is 1. The van der Waals surface area contributed by atoms with E-state index < -0.39 is 10.0 Å². The molecule has 1 aromatic rings. The number of sulfonamides is 1. The molecule has 0 saturated carbocycles. The summed E-state index contributed by atoms with van der Waals surface area (Å²) in [5.41, 5.74) is 5.85. The minimum atomic E-state index is -3.62. The van der Waals surface area contributed by atoms with Crippen molar-refractivity contribution < 1.29 is 8.42 Å². The van der Waals surface area contributed by atoms with Crippen molar-refractivity contribution in [1.82, 2.24) is 4.72 Å². The molecule has 0 unspecified atom stereocenters. The summed E-state index contributed by atoms with van der Waals surface area (Å²) < 4.78 is 26.8. The lowest BCUT2D eigenvalue weighted by atomic mass is 9.91. The van der Waals surface area contributed by atoms with E-state index in [0.29, 0.717) is 12.2 Å².